The molecule has 0 fully saturated rings. The van der Waals surface area contributed by atoms with Gasteiger partial charge in [0, 0.05) is 39.8 Å². The average molecular weight is 621 g/mol. The van der Waals surface area contributed by atoms with Crippen LogP contribution in [0.5, 0.6) is 0 Å². The van der Waals surface area contributed by atoms with E-state index in [4.69, 9.17) is 0 Å². The van der Waals surface area contributed by atoms with Crippen molar-refractivity contribution in [2.24, 2.45) is 0 Å². The van der Waals surface area contributed by atoms with Crippen LogP contribution in [0, 0.1) is 0 Å². The second-order valence-corrected chi connectivity index (χ2v) is 13.2. The largest absolute Gasteiger partial charge is 0.340 e. The monoisotopic (exact) mass is 620 g/mol. The van der Waals surface area contributed by atoms with Crippen molar-refractivity contribution in [3.05, 3.63) is 163 Å². The van der Waals surface area contributed by atoms with E-state index in [2.05, 4.69) is 181 Å². The van der Waals surface area contributed by atoms with Gasteiger partial charge in [0.15, 0.2) is 0 Å². The lowest BCUT2D eigenvalue weighted by Crippen LogP contribution is -2.24. The highest BCUT2D eigenvalue weighted by Gasteiger charge is 2.35. The van der Waals surface area contributed by atoms with E-state index in [-0.39, 0.29) is 5.41 Å². The Morgan fingerprint density at radius 2 is 1.06 bits per heavy atom. The van der Waals surface area contributed by atoms with Crippen LogP contribution in [0.3, 0.4) is 0 Å². The number of nitrogens with zero attached hydrogens (tertiary/aromatic N) is 2. The van der Waals surface area contributed by atoms with Crippen LogP contribution < -0.4 is 4.90 Å². The third-order valence-electron chi connectivity index (χ3n) is 9.85. The van der Waals surface area contributed by atoms with Gasteiger partial charge in [-0.05, 0) is 87.1 Å². The summed E-state index contributed by atoms with van der Waals surface area (Å²) in [6.07, 6.45) is 0. The minimum atomic E-state index is 0.137. The van der Waals surface area contributed by atoms with Crippen LogP contribution in [0.1, 0.15) is 33.3 Å². The van der Waals surface area contributed by atoms with Crippen molar-refractivity contribution in [2.75, 3.05) is 11.4 Å². The van der Waals surface area contributed by atoms with Gasteiger partial charge in [0.25, 0.3) is 0 Å². The molecule has 9 rings (SSSR count). The third-order valence-corrected chi connectivity index (χ3v) is 9.85. The molecular formula is C46H40N2. The number of hydrogen-bond donors (Lipinski definition) is 0. The van der Waals surface area contributed by atoms with Crippen molar-refractivity contribution in [1.82, 2.24) is 4.57 Å². The molecule has 2 heteroatoms. The van der Waals surface area contributed by atoms with Crippen LogP contribution >= 0.6 is 0 Å². The van der Waals surface area contributed by atoms with Crippen molar-refractivity contribution in [3.63, 3.8) is 0 Å². The van der Waals surface area contributed by atoms with Crippen LogP contribution in [0.15, 0.2) is 158 Å². The molecule has 8 aromatic rings. The minimum absolute atomic E-state index is 0.137. The SMILES string of the molecule is CC.CC1(C)CN(c2ccc(-c3ccc(-c4cccc(-n5c6ccccc6c6cc7ccccc7cc65)c4)cc3)cc2)c2ccccc21. The van der Waals surface area contributed by atoms with Crippen LogP contribution in [-0.4, -0.2) is 11.1 Å². The summed E-state index contributed by atoms with van der Waals surface area (Å²) in [6.45, 7) is 9.66. The zero-order valence-electron chi connectivity index (χ0n) is 28.1. The molecule has 48 heavy (non-hydrogen) atoms. The van der Waals surface area contributed by atoms with Crippen LogP contribution in [0.2, 0.25) is 0 Å². The van der Waals surface area contributed by atoms with E-state index in [1.54, 1.807) is 0 Å². The fraction of sp³-hybridized carbons (Fsp3) is 0.130. The number of benzene rings is 7. The van der Waals surface area contributed by atoms with E-state index >= 15 is 0 Å². The second-order valence-electron chi connectivity index (χ2n) is 13.2. The van der Waals surface area contributed by atoms with E-state index in [1.807, 2.05) is 13.8 Å². The first kappa shape index (κ1) is 29.8. The summed E-state index contributed by atoms with van der Waals surface area (Å²) >= 11 is 0. The normalized spacial score (nSPS) is 13.5. The Morgan fingerprint density at radius 3 is 1.81 bits per heavy atom. The van der Waals surface area contributed by atoms with E-state index in [0.29, 0.717) is 0 Å². The molecule has 0 atom stereocenters. The molecule has 7 aromatic carbocycles. The van der Waals surface area contributed by atoms with Crippen LogP contribution in [-0.2, 0) is 5.41 Å². The molecular weight excluding hydrogens is 581 g/mol. The van der Waals surface area contributed by atoms with Crippen molar-refractivity contribution in [3.8, 4) is 27.9 Å². The van der Waals surface area contributed by atoms with Crippen molar-refractivity contribution in [1.29, 1.82) is 0 Å². The van der Waals surface area contributed by atoms with Crippen LogP contribution in [0.4, 0.5) is 11.4 Å². The first-order valence-corrected chi connectivity index (χ1v) is 17.1. The summed E-state index contributed by atoms with van der Waals surface area (Å²) in [5.74, 6) is 0. The lowest BCUT2D eigenvalue weighted by Gasteiger charge is -2.23. The molecule has 0 radical (unpaired) electrons. The highest BCUT2D eigenvalue weighted by molar-refractivity contribution is 6.13. The van der Waals surface area contributed by atoms with E-state index in [0.717, 1.165) is 6.54 Å². The lowest BCUT2D eigenvalue weighted by molar-refractivity contribution is 0.569. The molecule has 1 aliphatic heterocycles. The predicted octanol–water partition coefficient (Wildman–Crippen LogP) is 12.7. The maximum Gasteiger partial charge on any atom is 0.0547 e. The van der Waals surface area contributed by atoms with Gasteiger partial charge in [-0.15, -0.1) is 0 Å². The molecule has 1 aliphatic rings. The van der Waals surface area contributed by atoms with Crippen molar-refractivity contribution in [2.45, 2.75) is 33.1 Å². The highest BCUT2D eigenvalue weighted by Crippen LogP contribution is 2.44. The van der Waals surface area contributed by atoms with Gasteiger partial charge in [0.05, 0.1) is 11.0 Å². The molecule has 0 saturated heterocycles. The Bertz CT molecular complexity index is 2410. The number of rotatable bonds is 4. The Hall–Kier alpha value is -5.60. The summed E-state index contributed by atoms with van der Waals surface area (Å²) in [7, 11) is 0. The molecule has 0 N–H and O–H groups in total. The lowest BCUT2D eigenvalue weighted by atomic mass is 9.87. The Morgan fingerprint density at radius 1 is 0.458 bits per heavy atom. The fourth-order valence-electron chi connectivity index (χ4n) is 7.52. The quantitative estimate of drug-likeness (QED) is 0.190. The van der Waals surface area contributed by atoms with Crippen LogP contribution in [0.25, 0.3) is 60.5 Å². The molecule has 2 heterocycles. The van der Waals surface area contributed by atoms with Gasteiger partial charge in [0.1, 0.15) is 0 Å². The van der Waals surface area contributed by atoms with E-state index in [1.165, 1.54) is 77.5 Å². The van der Waals surface area contributed by atoms with E-state index < -0.39 is 0 Å². The minimum Gasteiger partial charge on any atom is -0.340 e. The molecule has 234 valence electrons. The Balaban J connectivity index is 0.00000165. The Labute approximate surface area is 283 Å². The summed E-state index contributed by atoms with van der Waals surface area (Å²) in [6, 6.07) is 57.8. The zero-order chi connectivity index (χ0) is 32.8. The summed E-state index contributed by atoms with van der Waals surface area (Å²) in [5.41, 5.74) is 12.6. The highest BCUT2D eigenvalue weighted by atomic mass is 15.2. The molecule has 0 spiro atoms. The standard InChI is InChI=1S/C44H34N2.C2H6/c1-44(2)29-45(42-17-8-6-15-40(42)44)36-24-22-31(23-25-36)30-18-20-32(21-19-30)33-12-9-13-37(26-33)46-41-16-7-5-14-38(41)39-27-34-10-3-4-11-35(34)28-43(39)46;1-2/h3-28H,29H2,1-2H3;1-2H3. The number of aromatic nitrogens is 1. The zero-order valence-corrected chi connectivity index (χ0v) is 28.1. The van der Waals surface area contributed by atoms with Crippen molar-refractivity contribution >= 4 is 44.0 Å². The first-order valence-electron chi connectivity index (χ1n) is 17.1. The number of anilines is 2. The second kappa shape index (κ2) is 11.9. The van der Waals surface area contributed by atoms with E-state index in [9.17, 15) is 0 Å². The molecule has 0 bridgehead atoms. The average Bonchev–Trinajstić information content (AvgIpc) is 3.62. The molecule has 0 aliphatic carbocycles. The van der Waals surface area contributed by atoms with Gasteiger partial charge in [0.2, 0.25) is 0 Å². The molecule has 0 amide bonds. The van der Waals surface area contributed by atoms with Gasteiger partial charge >= 0.3 is 0 Å². The maximum absolute atomic E-state index is 2.45. The van der Waals surface area contributed by atoms with Gasteiger partial charge in [-0.3, -0.25) is 0 Å². The predicted molar refractivity (Wildman–Crippen MR) is 207 cm³/mol. The van der Waals surface area contributed by atoms with Gasteiger partial charge in [-0.2, -0.15) is 0 Å². The summed E-state index contributed by atoms with van der Waals surface area (Å²) < 4.78 is 2.41. The molecule has 0 saturated carbocycles. The third kappa shape index (κ3) is 4.96. The van der Waals surface area contributed by atoms with Crippen molar-refractivity contribution < 1.29 is 0 Å². The molecule has 2 nitrogen and oxygen atoms in total. The van der Waals surface area contributed by atoms with Gasteiger partial charge in [-0.25, -0.2) is 0 Å². The molecule has 1 aromatic heterocycles. The summed E-state index contributed by atoms with van der Waals surface area (Å²) in [4.78, 5) is 2.45. The Kier molecular flexibility index (Phi) is 7.37. The molecule has 0 unspecified atom stereocenters. The number of fused-ring (bicyclic) bond motifs is 5. The fourth-order valence-corrected chi connectivity index (χ4v) is 7.52. The maximum atomic E-state index is 2.45. The first-order chi connectivity index (χ1) is 23.5. The topological polar surface area (TPSA) is 8.17 Å². The smallest absolute Gasteiger partial charge is 0.0547 e. The van der Waals surface area contributed by atoms with Gasteiger partial charge < -0.3 is 9.47 Å². The number of para-hydroxylation sites is 2. The number of hydrogen-bond acceptors (Lipinski definition) is 1. The van der Waals surface area contributed by atoms with Gasteiger partial charge in [-0.1, -0.05) is 137 Å². The summed E-state index contributed by atoms with van der Waals surface area (Å²) in [5, 5.41) is 5.09.